The van der Waals surface area contributed by atoms with Crippen LogP contribution in [0.25, 0.3) is 11.5 Å². The molecule has 0 saturated heterocycles. The number of rotatable bonds is 1. The second kappa shape index (κ2) is 3.47. The Morgan fingerprint density at radius 1 is 1.38 bits per heavy atom. The van der Waals surface area contributed by atoms with E-state index in [0.717, 1.165) is 15.4 Å². The van der Waals surface area contributed by atoms with E-state index in [1.54, 1.807) is 12.3 Å². The highest BCUT2D eigenvalue weighted by Crippen LogP contribution is 2.18. The van der Waals surface area contributed by atoms with Crippen LogP contribution in [0.2, 0.25) is 0 Å². The molecule has 0 fully saturated rings. The lowest BCUT2D eigenvalue weighted by molar-refractivity contribution is 1.04. The quantitative estimate of drug-likeness (QED) is 0.784. The second-order valence-electron chi connectivity index (χ2n) is 2.36. The molecule has 0 aromatic carbocycles. The molecule has 0 aliphatic heterocycles. The fourth-order valence-corrected chi connectivity index (χ4v) is 1.70. The predicted octanol–water partition coefficient (Wildman–Crippen LogP) is 2.07. The predicted molar refractivity (Wildman–Crippen MR) is 53.4 cm³/mol. The Kier molecular flexibility index (Phi) is 2.32. The number of hydrogen-bond donors (Lipinski definition) is 0. The van der Waals surface area contributed by atoms with Crippen LogP contribution in [0.4, 0.5) is 0 Å². The summed E-state index contributed by atoms with van der Waals surface area (Å²) in [6.45, 7) is 1.84. The second-order valence-corrected chi connectivity index (χ2v) is 4.39. The van der Waals surface area contributed by atoms with Gasteiger partial charge in [0.1, 0.15) is 11.5 Å². The summed E-state index contributed by atoms with van der Waals surface area (Å²) in [7, 11) is 0. The Labute approximate surface area is 87.4 Å². The summed E-state index contributed by atoms with van der Waals surface area (Å²) in [4.78, 5) is 12.4. The highest BCUT2D eigenvalue weighted by Gasteiger charge is 2.05. The van der Waals surface area contributed by atoms with Crippen molar-refractivity contribution < 1.29 is 0 Å². The molecule has 0 bridgehead atoms. The Morgan fingerprint density at radius 3 is 2.85 bits per heavy atom. The number of nitrogens with zero attached hydrogens (tertiary/aromatic N) is 4. The third kappa shape index (κ3) is 1.89. The summed E-state index contributed by atoms with van der Waals surface area (Å²) in [6.07, 6.45) is 1.70. The standard InChI is InChI=1S/C7H5BrN4S/c1-4-9-3-2-5(10-4)6-11-7(8)13-12-6/h2-3H,1H3. The van der Waals surface area contributed by atoms with Crippen molar-refractivity contribution in [2.75, 3.05) is 0 Å². The molecule has 0 N–H and O–H groups in total. The number of aromatic nitrogens is 4. The van der Waals surface area contributed by atoms with Crippen LogP contribution in [0.15, 0.2) is 16.2 Å². The van der Waals surface area contributed by atoms with E-state index >= 15 is 0 Å². The summed E-state index contributed by atoms with van der Waals surface area (Å²) in [5.74, 6) is 1.37. The molecule has 0 amide bonds. The van der Waals surface area contributed by atoms with Crippen LogP contribution >= 0.6 is 27.5 Å². The van der Waals surface area contributed by atoms with Gasteiger partial charge in [-0.25, -0.2) is 15.0 Å². The van der Waals surface area contributed by atoms with E-state index in [4.69, 9.17) is 0 Å². The van der Waals surface area contributed by atoms with Gasteiger partial charge < -0.3 is 0 Å². The van der Waals surface area contributed by atoms with Crippen molar-refractivity contribution in [3.8, 4) is 11.5 Å². The van der Waals surface area contributed by atoms with Crippen molar-refractivity contribution in [2.45, 2.75) is 6.92 Å². The molecule has 2 aromatic rings. The normalized spacial score (nSPS) is 10.3. The Morgan fingerprint density at radius 2 is 2.23 bits per heavy atom. The third-order valence-corrected chi connectivity index (χ3v) is 2.52. The van der Waals surface area contributed by atoms with Crippen LogP contribution in [0, 0.1) is 6.92 Å². The van der Waals surface area contributed by atoms with Gasteiger partial charge in [0, 0.05) is 6.20 Å². The Balaban J connectivity index is 2.46. The van der Waals surface area contributed by atoms with E-state index in [0.29, 0.717) is 5.82 Å². The van der Waals surface area contributed by atoms with Gasteiger partial charge in [-0.05, 0) is 40.5 Å². The van der Waals surface area contributed by atoms with Crippen LogP contribution in [-0.4, -0.2) is 19.3 Å². The van der Waals surface area contributed by atoms with E-state index in [2.05, 4.69) is 35.3 Å². The van der Waals surface area contributed by atoms with Crippen molar-refractivity contribution in [3.05, 3.63) is 22.0 Å². The van der Waals surface area contributed by atoms with Gasteiger partial charge in [0.2, 0.25) is 0 Å². The minimum Gasteiger partial charge on any atom is -0.242 e. The summed E-state index contributed by atoms with van der Waals surface area (Å²) < 4.78 is 4.88. The first-order valence-electron chi connectivity index (χ1n) is 3.55. The van der Waals surface area contributed by atoms with Crippen molar-refractivity contribution in [1.82, 2.24) is 19.3 Å². The van der Waals surface area contributed by atoms with Crippen molar-refractivity contribution in [2.24, 2.45) is 0 Å². The van der Waals surface area contributed by atoms with Gasteiger partial charge in [-0.2, -0.15) is 4.37 Å². The zero-order chi connectivity index (χ0) is 9.26. The summed E-state index contributed by atoms with van der Waals surface area (Å²) in [6, 6.07) is 1.79. The average molecular weight is 257 g/mol. The SMILES string of the molecule is Cc1nccc(-c2nsc(Br)n2)n1. The largest absolute Gasteiger partial charge is 0.242 e. The van der Waals surface area contributed by atoms with Crippen LogP contribution in [0.3, 0.4) is 0 Å². The lowest BCUT2D eigenvalue weighted by atomic mass is 10.4. The molecule has 2 aromatic heterocycles. The molecule has 0 spiro atoms. The lowest BCUT2D eigenvalue weighted by Crippen LogP contribution is -1.90. The topological polar surface area (TPSA) is 51.6 Å². The van der Waals surface area contributed by atoms with Gasteiger partial charge in [0.25, 0.3) is 0 Å². The Bertz CT molecular complexity index is 428. The first kappa shape index (κ1) is 8.71. The molecule has 0 radical (unpaired) electrons. The number of hydrogen-bond acceptors (Lipinski definition) is 5. The first-order chi connectivity index (χ1) is 6.25. The molecule has 0 unspecified atom stereocenters. The van der Waals surface area contributed by atoms with Gasteiger partial charge >= 0.3 is 0 Å². The van der Waals surface area contributed by atoms with Crippen LogP contribution in [0.5, 0.6) is 0 Å². The highest BCUT2D eigenvalue weighted by molar-refractivity contribution is 9.11. The molecule has 13 heavy (non-hydrogen) atoms. The molecular formula is C7H5BrN4S. The molecule has 0 atom stereocenters. The minimum atomic E-state index is 0.641. The number of aryl methyl sites for hydroxylation is 1. The first-order valence-corrected chi connectivity index (χ1v) is 5.11. The van der Waals surface area contributed by atoms with Crippen LogP contribution < -0.4 is 0 Å². The Hall–Kier alpha value is -0.880. The molecule has 0 aliphatic rings. The van der Waals surface area contributed by atoms with E-state index in [-0.39, 0.29) is 0 Å². The zero-order valence-corrected chi connectivity index (χ0v) is 9.13. The molecule has 2 heterocycles. The van der Waals surface area contributed by atoms with Crippen LogP contribution in [-0.2, 0) is 0 Å². The maximum absolute atomic E-state index is 4.21. The molecule has 6 heteroatoms. The fraction of sp³-hybridized carbons (Fsp3) is 0.143. The summed E-state index contributed by atoms with van der Waals surface area (Å²) >= 11 is 4.55. The van der Waals surface area contributed by atoms with Gasteiger partial charge in [0.05, 0.1) is 0 Å². The highest BCUT2D eigenvalue weighted by atomic mass is 79.9. The maximum atomic E-state index is 4.21. The molecule has 4 nitrogen and oxygen atoms in total. The molecule has 0 aliphatic carbocycles. The van der Waals surface area contributed by atoms with E-state index in [1.165, 1.54) is 11.5 Å². The van der Waals surface area contributed by atoms with E-state index < -0.39 is 0 Å². The molecular weight excluding hydrogens is 252 g/mol. The molecule has 0 saturated carbocycles. The average Bonchev–Trinajstić information content (AvgIpc) is 2.52. The zero-order valence-electron chi connectivity index (χ0n) is 6.73. The van der Waals surface area contributed by atoms with Gasteiger partial charge in [-0.3, -0.25) is 0 Å². The van der Waals surface area contributed by atoms with Gasteiger partial charge in [0.15, 0.2) is 9.74 Å². The third-order valence-electron chi connectivity index (χ3n) is 1.41. The monoisotopic (exact) mass is 256 g/mol. The van der Waals surface area contributed by atoms with E-state index in [1.807, 2.05) is 6.92 Å². The lowest BCUT2D eigenvalue weighted by Gasteiger charge is -1.93. The van der Waals surface area contributed by atoms with E-state index in [9.17, 15) is 0 Å². The summed E-state index contributed by atoms with van der Waals surface area (Å²) in [5.41, 5.74) is 0.759. The summed E-state index contributed by atoms with van der Waals surface area (Å²) in [5, 5.41) is 0. The van der Waals surface area contributed by atoms with Crippen molar-refractivity contribution in [1.29, 1.82) is 0 Å². The smallest absolute Gasteiger partial charge is 0.192 e. The fourth-order valence-electron chi connectivity index (χ4n) is 0.890. The molecule has 2 rings (SSSR count). The maximum Gasteiger partial charge on any atom is 0.192 e. The van der Waals surface area contributed by atoms with Gasteiger partial charge in [-0.1, -0.05) is 0 Å². The number of halogens is 1. The minimum absolute atomic E-state index is 0.641. The van der Waals surface area contributed by atoms with Gasteiger partial charge in [-0.15, -0.1) is 0 Å². The molecule has 66 valence electrons. The van der Waals surface area contributed by atoms with Crippen molar-refractivity contribution in [3.63, 3.8) is 0 Å². The van der Waals surface area contributed by atoms with Crippen LogP contribution in [0.1, 0.15) is 5.82 Å². The van der Waals surface area contributed by atoms with Crippen molar-refractivity contribution >= 4 is 27.5 Å².